The molecule has 0 spiro atoms. The molecule has 3 heteroatoms. The molecular formula is C17H24BrNO. The van der Waals surface area contributed by atoms with E-state index in [1.54, 1.807) is 0 Å². The van der Waals surface area contributed by atoms with E-state index in [2.05, 4.69) is 28.2 Å². The van der Waals surface area contributed by atoms with E-state index >= 15 is 0 Å². The molecule has 110 valence electrons. The summed E-state index contributed by atoms with van der Waals surface area (Å²) < 4.78 is 0.914. The molecule has 0 heterocycles. The van der Waals surface area contributed by atoms with Gasteiger partial charge in [0.2, 0.25) is 0 Å². The van der Waals surface area contributed by atoms with Gasteiger partial charge in [0.25, 0.3) is 5.91 Å². The van der Waals surface area contributed by atoms with E-state index in [-0.39, 0.29) is 5.91 Å². The van der Waals surface area contributed by atoms with Crippen LogP contribution in [0.2, 0.25) is 0 Å². The lowest BCUT2D eigenvalue weighted by atomic mass is 9.83. The fourth-order valence-electron chi connectivity index (χ4n) is 3.09. The summed E-state index contributed by atoms with van der Waals surface area (Å²) in [6, 6.07) is 6.18. The predicted octanol–water partition coefficient (Wildman–Crippen LogP) is 4.85. The largest absolute Gasteiger partial charge is 0.349 e. The molecule has 0 aliphatic heterocycles. The van der Waals surface area contributed by atoms with Gasteiger partial charge in [0.05, 0.1) is 5.56 Å². The molecule has 1 aliphatic rings. The number of nitrogens with one attached hydrogen (secondary N) is 1. The van der Waals surface area contributed by atoms with Crippen LogP contribution < -0.4 is 5.32 Å². The average molecular weight is 338 g/mol. The maximum absolute atomic E-state index is 12.4. The maximum atomic E-state index is 12.4. The Morgan fingerprint density at radius 1 is 1.30 bits per heavy atom. The highest BCUT2D eigenvalue weighted by molar-refractivity contribution is 9.10. The summed E-state index contributed by atoms with van der Waals surface area (Å²) >= 11 is 3.51. The third kappa shape index (κ3) is 3.85. The molecule has 0 radical (unpaired) electrons. The van der Waals surface area contributed by atoms with Crippen molar-refractivity contribution in [3.8, 4) is 0 Å². The molecule has 0 bridgehead atoms. The average Bonchev–Trinajstić information content (AvgIpc) is 2.44. The van der Waals surface area contributed by atoms with Crippen LogP contribution in [0.5, 0.6) is 0 Å². The van der Waals surface area contributed by atoms with E-state index in [1.165, 1.54) is 25.7 Å². The van der Waals surface area contributed by atoms with E-state index in [9.17, 15) is 4.79 Å². The van der Waals surface area contributed by atoms with Crippen molar-refractivity contribution in [3.63, 3.8) is 0 Å². The Labute approximate surface area is 130 Å². The molecule has 1 aliphatic carbocycles. The Kier molecular flexibility index (Phi) is 5.64. The Balaban J connectivity index is 1.91. The number of halogens is 1. The highest BCUT2D eigenvalue weighted by atomic mass is 79.9. The van der Waals surface area contributed by atoms with Crippen LogP contribution in [0, 0.1) is 12.8 Å². The first-order chi connectivity index (χ1) is 9.61. The molecule has 1 fully saturated rings. The third-order valence-electron chi connectivity index (χ3n) is 4.32. The SMILES string of the molecule is CCCC1CCC(NC(=O)c2cccc(C)c2Br)CC1. The van der Waals surface area contributed by atoms with Gasteiger partial charge in [-0.05, 0) is 66.1 Å². The van der Waals surface area contributed by atoms with Crippen LogP contribution >= 0.6 is 15.9 Å². The van der Waals surface area contributed by atoms with E-state index in [0.29, 0.717) is 6.04 Å². The van der Waals surface area contributed by atoms with E-state index in [1.807, 2.05) is 25.1 Å². The summed E-state index contributed by atoms with van der Waals surface area (Å²) in [7, 11) is 0. The lowest BCUT2D eigenvalue weighted by Gasteiger charge is -2.29. The van der Waals surface area contributed by atoms with Gasteiger partial charge in [-0.25, -0.2) is 0 Å². The van der Waals surface area contributed by atoms with Crippen molar-refractivity contribution < 1.29 is 4.79 Å². The quantitative estimate of drug-likeness (QED) is 0.836. The van der Waals surface area contributed by atoms with Crippen LogP contribution in [-0.4, -0.2) is 11.9 Å². The lowest BCUT2D eigenvalue weighted by Crippen LogP contribution is -2.37. The summed E-state index contributed by atoms with van der Waals surface area (Å²) in [5.74, 6) is 0.929. The molecule has 0 atom stereocenters. The molecule has 20 heavy (non-hydrogen) atoms. The van der Waals surface area contributed by atoms with Crippen molar-refractivity contribution in [2.45, 2.75) is 58.4 Å². The zero-order valence-corrected chi connectivity index (χ0v) is 14.0. The zero-order valence-electron chi connectivity index (χ0n) is 12.4. The second kappa shape index (κ2) is 7.26. The van der Waals surface area contributed by atoms with Gasteiger partial charge in [-0.1, -0.05) is 31.9 Å². The monoisotopic (exact) mass is 337 g/mol. The van der Waals surface area contributed by atoms with Gasteiger partial charge < -0.3 is 5.32 Å². The highest BCUT2D eigenvalue weighted by Crippen LogP contribution is 2.28. The van der Waals surface area contributed by atoms with Gasteiger partial charge in [-0.2, -0.15) is 0 Å². The number of aryl methyl sites for hydroxylation is 1. The Bertz CT molecular complexity index is 464. The lowest BCUT2D eigenvalue weighted by molar-refractivity contribution is 0.0920. The fraction of sp³-hybridized carbons (Fsp3) is 0.588. The normalized spacial score (nSPS) is 22.6. The van der Waals surface area contributed by atoms with E-state index < -0.39 is 0 Å². The zero-order chi connectivity index (χ0) is 14.5. The Morgan fingerprint density at radius 3 is 2.65 bits per heavy atom. The summed E-state index contributed by atoms with van der Waals surface area (Å²) in [6.45, 7) is 4.26. The molecule has 1 saturated carbocycles. The number of benzene rings is 1. The minimum Gasteiger partial charge on any atom is -0.349 e. The van der Waals surface area contributed by atoms with Crippen molar-refractivity contribution in [1.82, 2.24) is 5.32 Å². The van der Waals surface area contributed by atoms with Crippen molar-refractivity contribution in [1.29, 1.82) is 0 Å². The van der Waals surface area contributed by atoms with Gasteiger partial charge in [-0.15, -0.1) is 0 Å². The smallest absolute Gasteiger partial charge is 0.252 e. The molecule has 0 unspecified atom stereocenters. The fourth-order valence-corrected chi connectivity index (χ4v) is 3.53. The molecule has 2 nitrogen and oxygen atoms in total. The minimum atomic E-state index is 0.0551. The molecule has 0 aromatic heterocycles. The summed E-state index contributed by atoms with van der Waals surface area (Å²) in [6.07, 6.45) is 7.38. The van der Waals surface area contributed by atoms with Crippen LogP contribution in [0.3, 0.4) is 0 Å². The Morgan fingerprint density at radius 2 is 2.00 bits per heavy atom. The van der Waals surface area contributed by atoms with Crippen LogP contribution in [0.4, 0.5) is 0 Å². The molecule has 2 rings (SSSR count). The van der Waals surface area contributed by atoms with Crippen LogP contribution in [0.15, 0.2) is 22.7 Å². The summed E-state index contributed by atoms with van der Waals surface area (Å²) in [5.41, 5.74) is 1.85. The van der Waals surface area contributed by atoms with Crippen LogP contribution in [0.1, 0.15) is 61.4 Å². The van der Waals surface area contributed by atoms with Gasteiger partial charge in [-0.3, -0.25) is 4.79 Å². The molecular weight excluding hydrogens is 314 g/mol. The topological polar surface area (TPSA) is 29.1 Å². The van der Waals surface area contributed by atoms with Gasteiger partial charge >= 0.3 is 0 Å². The molecule has 1 aromatic rings. The second-order valence-electron chi connectivity index (χ2n) is 5.92. The van der Waals surface area contributed by atoms with Crippen molar-refractivity contribution >= 4 is 21.8 Å². The maximum Gasteiger partial charge on any atom is 0.252 e. The van der Waals surface area contributed by atoms with Crippen molar-refractivity contribution in [3.05, 3.63) is 33.8 Å². The molecule has 0 saturated heterocycles. The molecule has 1 amide bonds. The first kappa shape index (κ1) is 15.6. The first-order valence-electron chi connectivity index (χ1n) is 7.67. The Hall–Kier alpha value is -0.830. The third-order valence-corrected chi connectivity index (χ3v) is 5.37. The van der Waals surface area contributed by atoms with Crippen LogP contribution in [-0.2, 0) is 0 Å². The highest BCUT2D eigenvalue weighted by Gasteiger charge is 2.22. The molecule has 1 aromatic carbocycles. The van der Waals surface area contributed by atoms with Crippen molar-refractivity contribution in [2.24, 2.45) is 5.92 Å². The first-order valence-corrected chi connectivity index (χ1v) is 8.47. The number of hydrogen-bond acceptors (Lipinski definition) is 1. The van der Waals surface area contributed by atoms with Gasteiger partial charge in [0.15, 0.2) is 0 Å². The van der Waals surface area contributed by atoms with E-state index in [0.717, 1.165) is 34.4 Å². The number of carbonyl (C=O) groups is 1. The number of hydrogen-bond donors (Lipinski definition) is 1. The van der Waals surface area contributed by atoms with Crippen LogP contribution in [0.25, 0.3) is 0 Å². The standard InChI is InChI=1S/C17H24BrNO/c1-3-5-13-8-10-14(11-9-13)19-17(20)15-7-4-6-12(2)16(15)18/h4,6-7,13-14H,3,5,8-11H2,1-2H3,(H,19,20). The van der Waals surface area contributed by atoms with Gasteiger partial charge in [0.1, 0.15) is 0 Å². The van der Waals surface area contributed by atoms with E-state index in [4.69, 9.17) is 0 Å². The van der Waals surface area contributed by atoms with Gasteiger partial charge in [0, 0.05) is 10.5 Å². The molecule has 1 N–H and O–H groups in total. The second-order valence-corrected chi connectivity index (χ2v) is 6.71. The predicted molar refractivity (Wildman–Crippen MR) is 87.0 cm³/mol. The number of amides is 1. The van der Waals surface area contributed by atoms with Crippen molar-refractivity contribution in [2.75, 3.05) is 0 Å². The number of carbonyl (C=O) groups excluding carboxylic acids is 1. The minimum absolute atomic E-state index is 0.0551. The number of rotatable bonds is 4. The summed E-state index contributed by atoms with van der Waals surface area (Å²) in [4.78, 5) is 12.4. The summed E-state index contributed by atoms with van der Waals surface area (Å²) in [5, 5.41) is 3.20.